The van der Waals surface area contributed by atoms with Crippen molar-refractivity contribution in [1.82, 2.24) is 4.90 Å². The molecule has 1 fully saturated rings. The molecule has 0 N–H and O–H groups in total. The van der Waals surface area contributed by atoms with Crippen LogP contribution in [0.1, 0.15) is 17.0 Å². The van der Waals surface area contributed by atoms with Crippen molar-refractivity contribution in [3.8, 4) is 0 Å². The molecule has 24 heavy (non-hydrogen) atoms. The molecule has 2 aromatic carbocycles. The Morgan fingerprint density at radius 2 is 1.71 bits per heavy atom. The van der Waals surface area contributed by atoms with Gasteiger partial charge < -0.3 is 0 Å². The molecule has 0 amide bonds. The van der Waals surface area contributed by atoms with Gasteiger partial charge in [0.2, 0.25) is 6.04 Å². The van der Waals surface area contributed by atoms with Crippen LogP contribution in [0.25, 0.3) is 0 Å². The first-order valence-corrected chi connectivity index (χ1v) is 7.50. The van der Waals surface area contributed by atoms with Gasteiger partial charge in [-0.1, -0.05) is 30.3 Å². The molecule has 0 radical (unpaired) electrons. The van der Waals surface area contributed by atoms with Crippen molar-refractivity contribution in [2.45, 2.75) is 18.5 Å². The molecule has 1 heterocycles. The Hall–Kier alpha value is -2.41. The van der Waals surface area contributed by atoms with Crippen molar-refractivity contribution in [2.75, 3.05) is 13.1 Å². The lowest BCUT2D eigenvalue weighted by atomic mass is 9.94. The summed E-state index contributed by atoms with van der Waals surface area (Å²) in [5.74, 6) is -4.27. The summed E-state index contributed by atoms with van der Waals surface area (Å²) in [5, 5.41) is 11.3. The van der Waals surface area contributed by atoms with E-state index in [-0.39, 0.29) is 18.7 Å². The molecular formula is C17H15F3N2O2. The zero-order chi connectivity index (χ0) is 17.3. The molecular weight excluding hydrogens is 321 g/mol. The van der Waals surface area contributed by atoms with Crippen LogP contribution in [0, 0.1) is 27.6 Å². The van der Waals surface area contributed by atoms with Gasteiger partial charge in [0, 0.05) is 29.6 Å². The first kappa shape index (κ1) is 16.4. The molecule has 1 aliphatic heterocycles. The Bertz CT molecular complexity index is 755. The molecule has 2 unspecified atom stereocenters. The van der Waals surface area contributed by atoms with E-state index in [0.29, 0.717) is 12.6 Å². The second-order valence-corrected chi connectivity index (χ2v) is 5.93. The van der Waals surface area contributed by atoms with Gasteiger partial charge in [0.25, 0.3) is 0 Å². The van der Waals surface area contributed by atoms with Gasteiger partial charge >= 0.3 is 0 Å². The SMILES string of the molecule is O=[N+]([O-])C1CN(Cc2ccccc2)CC1c1cc(F)c(F)cc1F. The van der Waals surface area contributed by atoms with E-state index in [1.165, 1.54) is 0 Å². The van der Waals surface area contributed by atoms with Crippen LogP contribution in [0.15, 0.2) is 42.5 Å². The second kappa shape index (κ2) is 6.60. The zero-order valence-corrected chi connectivity index (χ0v) is 12.7. The van der Waals surface area contributed by atoms with Crippen molar-refractivity contribution in [3.63, 3.8) is 0 Å². The number of nitro groups is 1. The van der Waals surface area contributed by atoms with Crippen molar-refractivity contribution in [1.29, 1.82) is 0 Å². The summed E-state index contributed by atoms with van der Waals surface area (Å²) in [7, 11) is 0. The van der Waals surface area contributed by atoms with E-state index in [2.05, 4.69) is 0 Å². The van der Waals surface area contributed by atoms with Gasteiger partial charge in [-0.2, -0.15) is 0 Å². The summed E-state index contributed by atoms with van der Waals surface area (Å²) in [6.45, 7) is 0.820. The van der Waals surface area contributed by atoms with Crippen LogP contribution >= 0.6 is 0 Å². The van der Waals surface area contributed by atoms with Crippen LogP contribution in [-0.4, -0.2) is 29.0 Å². The number of likely N-dealkylation sites (tertiary alicyclic amines) is 1. The average Bonchev–Trinajstić information content (AvgIpc) is 2.96. The minimum atomic E-state index is -1.30. The maximum absolute atomic E-state index is 14.0. The van der Waals surface area contributed by atoms with Crippen LogP contribution in [0.2, 0.25) is 0 Å². The lowest BCUT2D eigenvalue weighted by Gasteiger charge is -2.15. The monoisotopic (exact) mass is 336 g/mol. The van der Waals surface area contributed by atoms with Crippen molar-refractivity contribution in [2.24, 2.45) is 0 Å². The van der Waals surface area contributed by atoms with Gasteiger partial charge in [-0.3, -0.25) is 15.0 Å². The van der Waals surface area contributed by atoms with Crippen molar-refractivity contribution < 1.29 is 18.1 Å². The number of halogens is 3. The van der Waals surface area contributed by atoms with Gasteiger partial charge in [-0.25, -0.2) is 13.2 Å². The largest absolute Gasteiger partial charge is 0.292 e. The van der Waals surface area contributed by atoms with Crippen LogP contribution in [0.5, 0.6) is 0 Å². The first-order chi connectivity index (χ1) is 11.5. The summed E-state index contributed by atoms with van der Waals surface area (Å²) >= 11 is 0. The molecule has 0 spiro atoms. The van der Waals surface area contributed by atoms with Gasteiger partial charge in [-0.05, 0) is 11.6 Å². The second-order valence-electron chi connectivity index (χ2n) is 5.93. The van der Waals surface area contributed by atoms with Crippen LogP contribution in [0.3, 0.4) is 0 Å². The van der Waals surface area contributed by atoms with E-state index >= 15 is 0 Å². The smallest absolute Gasteiger partial charge is 0.233 e. The predicted molar refractivity (Wildman–Crippen MR) is 81.6 cm³/mol. The molecule has 7 heteroatoms. The lowest BCUT2D eigenvalue weighted by molar-refractivity contribution is -0.521. The van der Waals surface area contributed by atoms with Gasteiger partial charge in [-0.15, -0.1) is 0 Å². The highest BCUT2D eigenvalue weighted by Gasteiger charge is 2.43. The fourth-order valence-electron chi connectivity index (χ4n) is 3.18. The molecule has 1 aliphatic rings. The predicted octanol–water partition coefficient (Wildman–Crippen LogP) is 3.35. The maximum Gasteiger partial charge on any atom is 0.233 e. The topological polar surface area (TPSA) is 46.4 Å². The lowest BCUT2D eigenvalue weighted by Crippen LogP contribution is -2.28. The Morgan fingerprint density at radius 3 is 2.38 bits per heavy atom. The van der Waals surface area contributed by atoms with Gasteiger partial charge in [0.05, 0.1) is 12.5 Å². The number of nitrogens with zero attached hydrogens (tertiary/aromatic N) is 2. The Labute approximate surface area is 136 Å². The van der Waals surface area contributed by atoms with E-state index in [4.69, 9.17) is 0 Å². The van der Waals surface area contributed by atoms with E-state index in [9.17, 15) is 23.3 Å². The first-order valence-electron chi connectivity index (χ1n) is 7.50. The number of hydrogen-bond donors (Lipinski definition) is 0. The normalized spacial score (nSPS) is 21.1. The molecule has 2 atom stereocenters. The molecule has 2 aromatic rings. The molecule has 0 saturated carbocycles. The highest BCUT2D eigenvalue weighted by atomic mass is 19.2. The van der Waals surface area contributed by atoms with Crippen molar-refractivity contribution >= 4 is 0 Å². The average molecular weight is 336 g/mol. The third-order valence-electron chi connectivity index (χ3n) is 4.32. The standard InChI is InChI=1S/C17H15F3N2O2/c18-14-7-16(20)15(19)6-12(14)13-9-21(10-17(13)22(23)24)8-11-4-2-1-3-5-11/h1-7,13,17H,8-10H2. The number of benzene rings is 2. The quantitative estimate of drug-likeness (QED) is 0.489. The maximum atomic E-state index is 14.0. The molecule has 0 aliphatic carbocycles. The Kier molecular flexibility index (Phi) is 4.53. The minimum Gasteiger partial charge on any atom is -0.292 e. The van der Waals surface area contributed by atoms with Crippen molar-refractivity contribution in [3.05, 3.63) is 81.2 Å². The number of rotatable bonds is 4. The van der Waals surface area contributed by atoms with Crippen LogP contribution < -0.4 is 0 Å². The third-order valence-corrected chi connectivity index (χ3v) is 4.32. The Morgan fingerprint density at radius 1 is 1.04 bits per heavy atom. The zero-order valence-electron chi connectivity index (χ0n) is 12.7. The van der Waals surface area contributed by atoms with E-state index in [1.807, 2.05) is 35.2 Å². The van der Waals surface area contributed by atoms with E-state index < -0.39 is 34.3 Å². The summed E-state index contributed by atoms with van der Waals surface area (Å²) in [6, 6.07) is 9.50. The highest BCUT2D eigenvalue weighted by molar-refractivity contribution is 5.27. The van der Waals surface area contributed by atoms with E-state index in [0.717, 1.165) is 11.6 Å². The summed E-state index contributed by atoms with van der Waals surface area (Å²) in [4.78, 5) is 12.7. The summed E-state index contributed by atoms with van der Waals surface area (Å²) in [5.41, 5.74) is 0.831. The third kappa shape index (κ3) is 3.26. The molecule has 0 bridgehead atoms. The molecule has 4 nitrogen and oxygen atoms in total. The molecule has 3 rings (SSSR count). The minimum absolute atomic E-state index is 0.130. The van der Waals surface area contributed by atoms with Gasteiger partial charge in [0.1, 0.15) is 5.82 Å². The van der Waals surface area contributed by atoms with Crippen LogP contribution in [-0.2, 0) is 6.54 Å². The molecule has 0 aromatic heterocycles. The highest BCUT2D eigenvalue weighted by Crippen LogP contribution is 2.33. The fourth-order valence-corrected chi connectivity index (χ4v) is 3.18. The van der Waals surface area contributed by atoms with E-state index in [1.54, 1.807) is 0 Å². The fraction of sp³-hybridized carbons (Fsp3) is 0.294. The summed E-state index contributed by atoms with van der Waals surface area (Å²) < 4.78 is 40.6. The molecule has 126 valence electrons. The van der Waals surface area contributed by atoms with Gasteiger partial charge in [0.15, 0.2) is 11.6 Å². The Balaban J connectivity index is 1.86. The number of hydrogen-bond acceptors (Lipinski definition) is 3. The molecule has 1 saturated heterocycles. The summed E-state index contributed by atoms with van der Waals surface area (Å²) in [6.07, 6.45) is 0. The van der Waals surface area contributed by atoms with Crippen LogP contribution in [0.4, 0.5) is 13.2 Å².